The van der Waals surface area contributed by atoms with Crippen LogP contribution >= 0.6 is 11.3 Å². The summed E-state index contributed by atoms with van der Waals surface area (Å²) in [6.45, 7) is 2.17. The molecule has 0 unspecified atom stereocenters. The average Bonchev–Trinajstić information content (AvgIpc) is 2.81. The van der Waals surface area contributed by atoms with Gasteiger partial charge in [-0.05, 0) is 38.3 Å². The fraction of sp³-hybridized carbons (Fsp3) is 0.700. The maximum absolute atomic E-state index is 11.6. The van der Waals surface area contributed by atoms with Gasteiger partial charge < -0.3 is 10.6 Å². The molecule has 1 fully saturated rings. The number of carbonyl (C=O) groups is 1. The van der Waals surface area contributed by atoms with Crippen molar-refractivity contribution in [1.29, 1.82) is 0 Å². The average molecular weight is 240 g/mol. The first-order valence-electron chi connectivity index (χ1n) is 5.61. The molecule has 0 radical (unpaired) electrons. The Balaban J connectivity index is 1.67. The van der Waals surface area contributed by atoms with Gasteiger partial charge in [0.1, 0.15) is 5.51 Å². The second kappa shape index (κ2) is 5.91. The van der Waals surface area contributed by atoms with Gasteiger partial charge in [-0.15, -0.1) is 10.2 Å². The highest BCUT2D eigenvalue weighted by Gasteiger charge is 2.14. The third-order valence-electron chi connectivity index (χ3n) is 2.84. The minimum absolute atomic E-state index is 0.0512. The van der Waals surface area contributed by atoms with Crippen molar-refractivity contribution in [3.8, 4) is 0 Å². The minimum atomic E-state index is 0.0512. The standard InChI is InChI=1S/C10H16N4OS/c15-9(13-10-14-12-7-16-10)2-1-8-3-5-11-6-4-8/h7-8,11H,1-6H2,(H,13,14,15). The number of carbonyl (C=O) groups excluding carboxylic acids is 1. The molecule has 0 aliphatic carbocycles. The predicted octanol–water partition coefficient (Wildman–Crippen LogP) is 1.26. The number of aromatic nitrogens is 2. The van der Waals surface area contributed by atoms with Gasteiger partial charge in [-0.25, -0.2) is 0 Å². The Kier molecular flexibility index (Phi) is 4.24. The van der Waals surface area contributed by atoms with E-state index in [1.807, 2.05) is 0 Å². The number of nitrogens with zero attached hydrogens (tertiary/aromatic N) is 2. The molecule has 1 aromatic rings. The van der Waals surface area contributed by atoms with E-state index in [2.05, 4.69) is 20.8 Å². The van der Waals surface area contributed by atoms with Crippen molar-refractivity contribution in [3.63, 3.8) is 0 Å². The van der Waals surface area contributed by atoms with Crippen LogP contribution < -0.4 is 10.6 Å². The van der Waals surface area contributed by atoms with Crippen molar-refractivity contribution >= 4 is 22.4 Å². The number of anilines is 1. The highest BCUT2D eigenvalue weighted by atomic mass is 32.1. The molecule has 2 heterocycles. The maximum atomic E-state index is 11.6. The number of nitrogens with one attached hydrogen (secondary N) is 2. The summed E-state index contributed by atoms with van der Waals surface area (Å²) in [5.41, 5.74) is 1.61. The molecular weight excluding hydrogens is 224 g/mol. The van der Waals surface area contributed by atoms with Crippen molar-refractivity contribution in [2.45, 2.75) is 25.7 Å². The minimum Gasteiger partial charge on any atom is -0.317 e. The van der Waals surface area contributed by atoms with Gasteiger partial charge in [0, 0.05) is 6.42 Å². The van der Waals surface area contributed by atoms with E-state index in [4.69, 9.17) is 0 Å². The molecule has 2 N–H and O–H groups in total. The van der Waals surface area contributed by atoms with E-state index in [9.17, 15) is 4.79 Å². The summed E-state index contributed by atoms with van der Waals surface area (Å²) in [5.74, 6) is 0.747. The molecule has 6 heteroatoms. The van der Waals surface area contributed by atoms with Crippen LogP contribution in [0.1, 0.15) is 25.7 Å². The zero-order chi connectivity index (χ0) is 11.2. The van der Waals surface area contributed by atoms with E-state index in [1.54, 1.807) is 5.51 Å². The number of amides is 1. The molecule has 16 heavy (non-hydrogen) atoms. The van der Waals surface area contributed by atoms with Gasteiger partial charge >= 0.3 is 0 Å². The van der Waals surface area contributed by atoms with Crippen LogP contribution in [0.2, 0.25) is 0 Å². The van der Waals surface area contributed by atoms with Gasteiger partial charge in [0.2, 0.25) is 11.0 Å². The molecule has 0 saturated carbocycles. The molecule has 5 nitrogen and oxygen atoms in total. The monoisotopic (exact) mass is 240 g/mol. The molecule has 1 aliphatic rings. The Labute approximate surface area is 98.7 Å². The maximum Gasteiger partial charge on any atom is 0.226 e. The number of hydrogen-bond acceptors (Lipinski definition) is 5. The molecule has 0 aromatic carbocycles. The van der Waals surface area contributed by atoms with Crippen LogP contribution in [0.15, 0.2) is 5.51 Å². The quantitative estimate of drug-likeness (QED) is 0.831. The van der Waals surface area contributed by atoms with Crippen molar-refractivity contribution in [2.75, 3.05) is 18.4 Å². The molecule has 0 bridgehead atoms. The van der Waals surface area contributed by atoms with Crippen molar-refractivity contribution in [2.24, 2.45) is 5.92 Å². The summed E-state index contributed by atoms with van der Waals surface area (Å²) in [7, 11) is 0. The van der Waals surface area contributed by atoms with E-state index in [0.717, 1.165) is 19.5 Å². The normalized spacial score (nSPS) is 17.2. The van der Waals surface area contributed by atoms with Crippen LogP contribution in [0.3, 0.4) is 0 Å². The summed E-state index contributed by atoms with van der Waals surface area (Å²) < 4.78 is 0. The lowest BCUT2D eigenvalue weighted by molar-refractivity contribution is -0.116. The Morgan fingerprint density at radius 2 is 2.38 bits per heavy atom. The predicted molar refractivity (Wildman–Crippen MR) is 63.4 cm³/mol. The molecular formula is C10H16N4OS. The fourth-order valence-corrected chi connectivity index (χ4v) is 2.38. The van der Waals surface area contributed by atoms with Crippen LogP contribution in [0.4, 0.5) is 5.13 Å². The van der Waals surface area contributed by atoms with Crippen LogP contribution in [0.25, 0.3) is 0 Å². The fourth-order valence-electron chi connectivity index (χ4n) is 1.91. The molecule has 1 saturated heterocycles. The third kappa shape index (κ3) is 3.53. The summed E-state index contributed by atoms with van der Waals surface area (Å²) in [4.78, 5) is 11.6. The smallest absolute Gasteiger partial charge is 0.226 e. The first-order chi connectivity index (χ1) is 7.84. The van der Waals surface area contributed by atoms with Gasteiger partial charge in [-0.1, -0.05) is 11.3 Å². The molecule has 1 aromatic heterocycles. The van der Waals surface area contributed by atoms with Gasteiger partial charge in [-0.2, -0.15) is 0 Å². The Morgan fingerprint density at radius 3 is 3.06 bits per heavy atom. The highest BCUT2D eigenvalue weighted by Crippen LogP contribution is 2.18. The van der Waals surface area contributed by atoms with Gasteiger partial charge in [0.05, 0.1) is 0 Å². The van der Waals surface area contributed by atoms with Crippen molar-refractivity contribution < 1.29 is 4.79 Å². The largest absolute Gasteiger partial charge is 0.317 e. The van der Waals surface area contributed by atoms with Crippen LogP contribution in [-0.2, 0) is 4.79 Å². The zero-order valence-electron chi connectivity index (χ0n) is 9.11. The molecule has 0 spiro atoms. The number of rotatable bonds is 4. The van der Waals surface area contributed by atoms with Crippen LogP contribution in [-0.4, -0.2) is 29.2 Å². The number of hydrogen-bond donors (Lipinski definition) is 2. The molecule has 1 amide bonds. The zero-order valence-corrected chi connectivity index (χ0v) is 9.92. The van der Waals surface area contributed by atoms with Gasteiger partial charge in [0.25, 0.3) is 0 Å². The topological polar surface area (TPSA) is 66.9 Å². The molecule has 1 aliphatic heterocycles. The van der Waals surface area contributed by atoms with E-state index in [0.29, 0.717) is 17.5 Å². The van der Waals surface area contributed by atoms with E-state index in [1.165, 1.54) is 24.2 Å². The highest BCUT2D eigenvalue weighted by molar-refractivity contribution is 7.13. The van der Waals surface area contributed by atoms with Crippen molar-refractivity contribution in [1.82, 2.24) is 15.5 Å². The van der Waals surface area contributed by atoms with E-state index in [-0.39, 0.29) is 5.91 Å². The molecule has 2 rings (SSSR count). The lowest BCUT2D eigenvalue weighted by atomic mass is 9.93. The summed E-state index contributed by atoms with van der Waals surface area (Å²) >= 11 is 1.35. The van der Waals surface area contributed by atoms with Crippen LogP contribution in [0, 0.1) is 5.92 Å². The summed E-state index contributed by atoms with van der Waals surface area (Å²) in [6, 6.07) is 0. The van der Waals surface area contributed by atoms with E-state index >= 15 is 0 Å². The van der Waals surface area contributed by atoms with Crippen molar-refractivity contribution in [3.05, 3.63) is 5.51 Å². The SMILES string of the molecule is O=C(CCC1CCNCC1)Nc1nncs1. The lowest BCUT2D eigenvalue weighted by Gasteiger charge is -2.21. The summed E-state index contributed by atoms with van der Waals surface area (Å²) in [5, 5.41) is 14.1. The van der Waals surface area contributed by atoms with Crippen LogP contribution in [0.5, 0.6) is 0 Å². The second-order valence-corrected chi connectivity index (χ2v) is 4.86. The number of piperidine rings is 1. The summed E-state index contributed by atoms with van der Waals surface area (Å²) in [6.07, 6.45) is 3.94. The Morgan fingerprint density at radius 1 is 1.56 bits per heavy atom. The first-order valence-corrected chi connectivity index (χ1v) is 6.49. The molecule has 0 atom stereocenters. The lowest BCUT2D eigenvalue weighted by Crippen LogP contribution is -2.28. The van der Waals surface area contributed by atoms with Gasteiger partial charge in [-0.3, -0.25) is 4.79 Å². The van der Waals surface area contributed by atoms with Gasteiger partial charge in [0.15, 0.2) is 0 Å². The first kappa shape index (κ1) is 11.5. The Hall–Kier alpha value is -1.01. The third-order valence-corrected chi connectivity index (χ3v) is 3.45. The second-order valence-electron chi connectivity index (χ2n) is 4.02. The molecule has 88 valence electrons. The van der Waals surface area contributed by atoms with E-state index < -0.39 is 0 Å². The Bertz CT molecular complexity index is 322.